The summed E-state index contributed by atoms with van der Waals surface area (Å²) < 4.78 is 32.3. The van der Waals surface area contributed by atoms with E-state index in [1.54, 1.807) is 30.6 Å². The van der Waals surface area contributed by atoms with Gasteiger partial charge in [0.2, 0.25) is 10.0 Å². The maximum atomic E-state index is 12.8. The van der Waals surface area contributed by atoms with Crippen molar-refractivity contribution < 1.29 is 17.7 Å². The third kappa shape index (κ3) is 4.25. The number of aromatic nitrogens is 2. The lowest BCUT2D eigenvalue weighted by molar-refractivity contribution is 0.0905. The predicted molar refractivity (Wildman–Crippen MR) is 102 cm³/mol. The molecule has 2 aromatic rings. The van der Waals surface area contributed by atoms with Gasteiger partial charge in [-0.1, -0.05) is 11.2 Å². The van der Waals surface area contributed by atoms with Gasteiger partial charge < -0.3 is 9.84 Å². The summed E-state index contributed by atoms with van der Waals surface area (Å²) in [5.41, 5.74) is 0.962. The molecule has 0 radical (unpaired) electrons. The Morgan fingerprint density at radius 1 is 1.36 bits per heavy atom. The quantitative estimate of drug-likeness (QED) is 0.790. The van der Waals surface area contributed by atoms with Crippen molar-refractivity contribution in [2.45, 2.75) is 56.4 Å². The second-order valence-corrected chi connectivity index (χ2v) is 9.58. The first-order valence-electron chi connectivity index (χ1n) is 9.58. The van der Waals surface area contributed by atoms with Gasteiger partial charge in [-0.15, -0.1) is 0 Å². The Balaban J connectivity index is 1.34. The standard InChI is InChI=1S/C19H24N4O4S/c1-13-9-16(21-19(24)17-10-18(27-22-17)15-4-5-15)6-8-23(13)28(25,26)12-14-3-2-7-20-11-14/h2-3,7,10-11,13,15-16H,4-6,8-9,12H2,1H3,(H,21,24)/t13-,16-/m1/s1. The second-order valence-electron chi connectivity index (χ2n) is 7.66. The molecule has 150 valence electrons. The van der Waals surface area contributed by atoms with Crippen LogP contribution in [0, 0.1) is 0 Å². The largest absolute Gasteiger partial charge is 0.360 e. The minimum absolute atomic E-state index is 0.0644. The van der Waals surface area contributed by atoms with Gasteiger partial charge in [-0.25, -0.2) is 8.42 Å². The molecule has 0 spiro atoms. The molecule has 1 amide bonds. The molecular weight excluding hydrogens is 380 g/mol. The van der Waals surface area contributed by atoms with Gasteiger partial charge in [0.25, 0.3) is 5.91 Å². The second kappa shape index (κ2) is 7.63. The zero-order valence-corrected chi connectivity index (χ0v) is 16.6. The first kappa shape index (κ1) is 19.1. The average Bonchev–Trinajstić information content (AvgIpc) is 3.38. The number of nitrogens with zero attached hydrogens (tertiary/aromatic N) is 3. The summed E-state index contributed by atoms with van der Waals surface area (Å²) >= 11 is 0. The molecule has 2 aliphatic rings. The van der Waals surface area contributed by atoms with Crippen molar-refractivity contribution in [3.8, 4) is 0 Å². The van der Waals surface area contributed by atoms with Crippen LogP contribution >= 0.6 is 0 Å². The zero-order chi connectivity index (χ0) is 19.7. The SMILES string of the molecule is C[C@@H]1C[C@H](NC(=O)c2cc(C3CC3)on2)CCN1S(=O)(=O)Cc1cccnc1. The van der Waals surface area contributed by atoms with Crippen LogP contribution in [0.1, 0.15) is 60.3 Å². The molecule has 1 saturated heterocycles. The van der Waals surface area contributed by atoms with Crippen molar-refractivity contribution >= 4 is 15.9 Å². The van der Waals surface area contributed by atoms with Crippen LogP contribution in [0.5, 0.6) is 0 Å². The monoisotopic (exact) mass is 404 g/mol. The molecule has 1 aliphatic carbocycles. The van der Waals surface area contributed by atoms with Crippen LogP contribution in [0.25, 0.3) is 0 Å². The fraction of sp³-hybridized carbons (Fsp3) is 0.526. The molecule has 2 aromatic heterocycles. The van der Waals surface area contributed by atoms with Crippen molar-refractivity contribution in [2.75, 3.05) is 6.54 Å². The van der Waals surface area contributed by atoms with E-state index in [9.17, 15) is 13.2 Å². The van der Waals surface area contributed by atoms with Gasteiger partial charge in [-0.2, -0.15) is 4.31 Å². The highest BCUT2D eigenvalue weighted by atomic mass is 32.2. The highest BCUT2D eigenvalue weighted by molar-refractivity contribution is 7.88. The Morgan fingerprint density at radius 3 is 2.86 bits per heavy atom. The van der Waals surface area contributed by atoms with E-state index in [2.05, 4.69) is 15.5 Å². The van der Waals surface area contributed by atoms with E-state index in [4.69, 9.17) is 4.52 Å². The summed E-state index contributed by atoms with van der Waals surface area (Å²) in [5.74, 6) is 0.849. The van der Waals surface area contributed by atoms with Crippen LogP contribution in [-0.2, 0) is 15.8 Å². The minimum atomic E-state index is -3.44. The number of carbonyl (C=O) groups is 1. The Labute approximate surface area is 164 Å². The van der Waals surface area contributed by atoms with Crippen molar-refractivity contribution in [3.05, 3.63) is 47.6 Å². The first-order valence-corrected chi connectivity index (χ1v) is 11.2. The number of hydrogen-bond donors (Lipinski definition) is 1. The topological polar surface area (TPSA) is 105 Å². The molecule has 4 rings (SSSR count). The van der Waals surface area contributed by atoms with E-state index in [0.29, 0.717) is 36.6 Å². The number of carbonyl (C=O) groups excluding carboxylic acids is 1. The van der Waals surface area contributed by atoms with Crippen molar-refractivity contribution in [3.63, 3.8) is 0 Å². The highest BCUT2D eigenvalue weighted by Gasteiger charge is 2.35. The van der Waals surface area contributed by atoms with E-state index in [0.717, 1.165) is 18.6 Å². The molecule has 1 N–H and O–H groups in total. The number of pyridine rings is 1. The average molecular weight is 404 g/mol. The first-order chi connectivity index (χ1) is 13.4. The predicted octanol–water partition coefficient (Wildman–Crippen LogP) is 2.06. The molecule has 0 unspecified atom stereocenters. The summed E-state index contributed by atoms with van der Waals surface area (Å²) in [6, 6.07) is 4.92. The lowest BCUT2D eigenvalue weighted by Crippen LogP contribution is -2.51. The molecule has 3 heterocycles. The van der Waals surface area contributed by atoms with Gasteiger partial charge in [0.1, 0.15) is 5.76 Å². The normalized spacial score (nSPS) is 23.5. The van der Waals surface area contributed by atoms with Crippen molar-refractivity contribution in [1.82, 2.24) is 19.8 Å². The Hall–Kier alpha value is -2.26. The fourth-order valence-corrected chi connectivity index (χ4v) is 5.46. The molecule has 2 fully saturated rings. The molecule has 1 aliphatic heterocycles. The van der Waals surface area contributed by atoms with E-state index < -0.39 is 10.0 Å². The van der Waals surface area contributed by atoms with Gasteiger partial charge >= 0.3 is 0 Å². The van der Waals surface area contributed by atoms with Crippen LogP contribution in [-0.4, -0.2) is 47.4 Å². The summed E-state index contributed by atoms with van der Waals surface area (Å²) in [5, 5.41) is 6.83. The number of amides is 1. The number of rotatable bonds is 6. The molecule has 0 aromatic carbocycles. The number of hydrogen-bond acceptors (Lipinski definition) is 6. The van der Waals surface area contributed by atoms with Crippen LogP contribution in [0.4, 0.5) is 0 Å². The molecule has 9 heteroatoms. The minimum Gasteiger partial charge on any atom is -0.360 e. The smallest absolute Gasteiger partial charge is 0.273 e. The Bertz CT molecular complexity index is 940. The van der Waals surface area contributed by atoms with E-state index in [-0.39, 0.29) is 23.7 Å². The lowest BCUT2D eigenvalue weighted by Gasteiger charge is -2.36. The molecule has 0 bridgehead atoms. The zero-order valence-electron chi connectivity index (χ0n) is 15.7. The maximum Gasteiger partial charge on any atom is 0.273 e. The fourth-order valence-electron chi connectivity index (χ4n) is 3.69. The molecule has 1 saturated carbocycles. The van der Waals surface area contributed by atoms with Gasteiger partial charge in [0.05, 0.1) is 5.75 Å². The van der Waals surface area contributed by atoms with E-state index in [1.807, 2.05) is 6.92 Å². The molecule has 2 atom stereocenters. The van der Waals surface area contributed by atoms with E-state index in [1.165, 1.54) is 4.31 Å². The lowest BCUT2D eigenvalue weighted by atomic mass is 10.0. The highest BCUT2D eigenvalue weighted by Crippen LogP contribution is 2.40. The number of nitrogens with one attached hydrogen (secondary N) is 1. The third-order valence-corrected chi connectivity index (χ3v) is 7.28. The summed E-state index contributed by atoms with van der Waals surface area (Å²) in [4.78, 5) is 16.4. The maximum absolute atomic E-state index is 12.8. The van der Waals surface area contributed by atoms with Crippen LogP contribution in [0.15, 0.2) is 35.1 Å². The Kier molecular flexibility index (Phi) is 5.20. The van der Waals surface area contributed by atoms with Crippen LogP contribution in [0.3, 0.4) is 0 Å². The molecule has 8 nitrogen and oxygen atoms in total. The van der Waals surface area contributed by atoms with Gasteiger partial charge in [0.15, 0.2) is 5.69 Å². The summed E-state index contributed by atoms with van der Waals surface area (Å²) in [7, 11) is -3.44. The Morgan fingerprint density at radius 2 is 2.18 bits per heavy atom. The molecule has 28 heavy (non-hydrogen) atoms. The van der Waals surface area contributed by atoms with Crippen LogP contribution < -0.4 is 5.32 Å². The van der Waals surface area contributed by atoms with Crippen molar-refractivity contribution in [1.29, 1.82) is 0 Å². The van der Waals surface area contributed by atoms with Gasteiger partial charge in [-0.05, 0) is 44.2 Å². The summed E-state index contributed by atoms with van der Waals surface area (Å²) in [6.07, 6.45) is 6.49. The van der Waals surface area contributed by atoms with E-state index >= 15 is 0 Å². The number of piperidine rings is 1. The molecular formula is C19H24N4O4S. The van der Waals surface area contributed by atoms with Crippen LogP contribution in [0.2, 0.25) is 0 Å². The van der Waals surface area contributed by atoms with Crippen molar-refractivity contribution in [2.24, 2.45) is 0 Å². The van der Waals surface area contributed by atoms with Gasteiger partial charge in [-0.3, -0.25) is 9.78 Å². The summed E-state index contributed by atoms with van der Waals surface area (Å²) in [6.45, 7) is 2.25. The number of sulfonamides is 1. The third-order valence-electron chi connectivity index (χ3n) is 5.32. The van der Waals surface area contributed by atoms with Gasteiger partial charge in [0, 0.05) is 43.0 Å².